The van der Waals surface area contributed by atoms with Crippen molar-refractivity contribution in [1.82, 2.24) is 9.97 Å². The Morgan fingerprint density at radius 1 is 1.32 bits per heavy atom. The fraction of sp³-hybridized carbons (Fsp3) is 0.267. The molecule has 0 unspecified atom stereocenters. The van der Waals surface area contributed by atoms with Crippen molar-refractivity contribution in [3.8, 4) is 23.1 Å². The third kappa shape index (κ3) is 2.41. The molecule has 94 valence electrons. The molecule has 0 saturated heterocycles. The number of ether oxygens (including phenoxy) is 1. The van der Waals surface area contributed by atoms with Crippen LogP contribution < -0.4 is 4.74 Å². The second kappa shape index (κ2) is 5.07. The van der Waals surface area contributed by atoms with Crippen LogP contribution in [0.25, 0.3) is 11.3 Å². The normalized spacial score (nSPS) is 13.2. The van der Waals surface area contributed by atoms with E-state index >= 15 is 0 Å². The van der Waals surface area contributed by atoms with Crippen molar-refractivity contribution < 1.29 is 4.74 Å². The van der Waals surface area contributed by atoms with Gasteiger partial charge in [0.15, 0.2) is 0 Å². The van der Waals surface area contributed by atoms with Gasteiger partial charge in [-0.25, -0.2) is 9.97 Å². The molecule has 2 aromatic rings. The third-order valence-corrected chi connectivity index (χ3v) is 3.15. The van der Waals surface area contributed by atoms with E-state index in [4.69, 9.17) is 10.00 Å². The van der Waals surface area contributed by atoms with Gasteiger partial charge in [0.25, 0.3) is 0 Å². The Bertz CT molecular complexity index is 646. The number of nitrogens with zero attached hydrogens (tertiary/aromatic N) is 3. The van der Waals surface area contributed by atoms with Crippen molar-refractivity contribution in [3.63, 3.8) is 0 Å². The van der Waals surface area contributed by atoms with Crippen molar-refractivity contribution in [2.24, 2.45) is 0 Å². The zero-order valence-electron chi connectivity index (χ0n) is 10.5. The number of rotatable bonds is 2. The lowest BCUT2D eigenvalue weighted by atomic mass is 10.0. The van der Waals surface area contributed by atoms with Crippen LogP contribution in [0.4, 0.5) is 0 Å². The maximum absolute atomic E-state index is 8.69. The summed E-state index contributed by atoms with van der Waals surface area (Å²) >= 11 is 0. The highest BCUT2D eigenvalue weighted by Gasteiger charge is 2.12. The zero-order valence-corrected chi connectivity index (χ0v) is 10.5. The van der Waals surface area contributed by atoms with E-state index < -0.39 is 0 Å². The van der Waals surface area contributed by atoms with E-state index in [-0.39, 0.29) is 6.42 Å². The maximum atomic E-state index is 8.69. The van der Waals surface area contributed by atoms with Crippen LogP contribution in [0.1, 0.15) is 17.8 Å². The van der Waals surface area contributed by atoms with Crippen LogP contribution in [-0.4, -0.2) is 16.6 Å². The van der Waals surface area contributed by atoms with Gasteiger partial charge in [-0.1, -0.05) is 0 Å². The molecule has 1 aliphatic heterocycles. The first-order valence-corrected chi connectivity index (χ1v) is 6.32. The van der Waals surface area contributed by atoms with E-state index in [0.717, 1.165) is 36.5 Å². The van der Waals surface area contributed by atoms with Gasteiger partial charge in [-0.3, -0.25) is 0 Å². The standard InChI is InChI=1S/C15H13N3O/c16-7-5-15-17-8-6-13(18-15)11-3-4-14-12(10-11)2-1-9-19-14/h3-4,6,8,10H,1-2,5,9H2. The van der Waals surface area contributed by atoms with Gasteiger partial charge in [0.05, 0.1) is 24.8 Å². The average molecular weight is 251 g/mol. The molecule has 1 aliphatic rings. The van der Waals surface area contributed by atoms with Gasteiger partial charge in [0, 0.05) is 11.8 Å². The van der Waals surface area contributed by atoms with Crippen LogP contribution in [0, 0.1) is 11.3 Å². The van der Waals surface area contributed by atoms with Crippen LogP contribution in [0.2, 0.25) is 0 Å². The van der Waals surface area contributed by atoms with Crippen molar-refractivity contribution in [1.29, 1.82) is 5.26 Å². The highest BCUT2D eigenvalue weighted by atomic mass is 16.5. The smallest absolute Gasteiger partial charge is 0.142 e. The molecule has 4 heteroatoms. The largest absolute Gasteiger partial charge is 0.493 e. The van der Waals surface area contributed by atoms with Gasteiger partial charge < -0.3 is 4.74 Å². The second-order valence-electron chi connectivity index (χ2n) is 4.47. The number of aromatic nitrogens is 2. The van der Waals surface area contributed by atoms with Crippen LogP contribution in [0.5, 0.6) is 5.75 Å². The molecule has 1 aromatic carbocycles. The third-order valence-electron chi connectivity index (χ3n) is 3.15. The lowest BCUT2D eigenvalue weighted by molar-refractivity contribution is 0.288. The molecule has 3 rings (SSSR count). The number of hydrogen-bond acceptors (Lipinski definition) is 4. The minimum absolute atomic E-state index is 0.238. The molecule has 1 aromatic heterocycles. The van der Waals surface area contributed by atoms with Gasteiger partial charge in [-0.15, -0.1) is 0 Å². The summed E-state index contributed by atoms with van der Waals surface area (Å²) in [6.07, 6.45) is 4.03. The minimum atomic E-state index is 0.238. The Labute approximate surface area is 111 Å². The van der Waals surface area contributed by atoms with E-state index in [1.807, 2.05) is 18.2 Å². The molecule has 0 spiro atoms. The molecular weight excluding hydrogens is 238 g/mol. The van der Waals surface area contributed by atoms with Crippen LogP contribution in [-0.2, 0) is 12.8 Å². The summed E-state index contributed by atoms with van der Waals surface area (Å²) in [4.78, 5) is 8.49. The lowest BCUT2D eigenvalue weighted by Crippen LogP contribution is -2.08. The van der Waals surface area contributed by atoms with Crippen LogP contribution in [0.15, 0.2) is 30.5 Å². The van der Waals surface area contributed by atoms with Crippen molar-refractivity contribution >= 4 is 0 Å². The first-order chi connectivity index (χ1) is 9.36. The van der Waals surface area contributed by atoms with Gasteiger partial charge in [0.1, 0.15) is 11.6 Å². The maximum Gasteiger partial charge on any atom is 0.142 e. The second-order valence-corrected chi connectivity index (χ2v) is 4.47. The number of fused-ring (bicyclic) bond motifs is 1. The summed E-state index contributed by atoms with van der Waals surface area (Å²) in [7, 11) is 0. The summed E-state index contributed by atoms with van der Waals surface area (Å²) in [5.74, 6) is 1.54. The van der Waals surface area contributed by atoms with E-state index in [1.165, 1.54) is 5.56 Å². The zero-order chi connectivity index (χ0) is 13.1. The summed E-state index contributed by atoms with van der Waals surface area (Å²) in [5, 5.41) is 8.69. The van der Waals surface area contributed by atoms with E-state index in [1.54, 1.807) is 6.20 Å². The molecule has 0 aliphatic carbocycles. The molecule has 0 bridgehead atoms. The molecule has 4 nitrogen and oxygen atoms in total. The average Bonchev–Trinajstić information content (AvgIpc) is 2.47. The molecule has 0 amide bonds. The fourth-order valence-electron chi connectivity index (χ4n) is 2.24. The number of aryl methyl sites for hydroxylation is 1. The predicted molar refractivity (Wildman–Crippen MR) is 70.6 cm³/mol. The fourth-order valence-corrected chi connectivity index (χ4v) is 2.24. The van der Waals surface area contributed by atoms with Gasteiger partial charge in [-0.05, 0) is 42.7 Å². The lowest BCUT2D eigenvalue weighted by Gasteiger charge is -2.17. The molecule has 0 atom stereocenters. The quantitative estimate of drug-likeness (QED) is 0.823. The molecule has 0 saturated carbocycles. The van der Waals surface area contributed by atoms with Crippen LogP contribution >= 0.6 is 0 Å². The number of hydrogen-bond donors (Lipinski definition) is 0. The Morgan fingerprint density at radius 3 is 3.16 bits per heavy atom. The summed E-state index contributed by atoms with van der Waals surface area (Å²) in [6, 6.07) is 10.1. The topological polar surface area (TPSA) is 58.8 Å². The van der Waals surface area contributed by atoms with E-state index in [9.17, 15) is 0 Å². The number of nitriles is 1. The van der Waals surface area contributed by atoms with Gasteiger partial charge >= 0.3 is 0 Å². The molecular formula is C15H13N3O. The minimum Gasteiger partial charge on any atom is -0.493 e. The van der Waals surface area contributed by atoms with Crippen molar-refractivity contribution in [3.05, 3.63) is 41.9 Å². The Hall–Kier alpha value is -2.41. The highest BCUT2D eigenvalue weighted by molar-refractivity contribution is 5.62. The monoisotopic (exact) mass is 251 g/mol. The SMILES string of the molecule is N#CCc1nccc(-c2ccc3c(c2)CCCO3)n1. The Morgan fingerprint density at radius 2 is 2.26 bits per heavy atom. The Balaban J connectivity index is 1.98. The molecule has 19 heavy (non-hydrogen) atoms. The molecule has 0 N–H and O–H groups in total. The summed E-state index contributed by atoms with van der Waals surface area (Å²) in [6.45, 7) is 0.798. The summed E-state index contributed by atoms with van der Waals surface area (Å²) in [5.41, 5.74) is 3.13. The van der Waals surface area contributed by atoms with E-state index in [0.29, 0.717) is 5.82 Å². The number of benzene rings is 1. The van der Waals surface area contributed by atoms with Gasteiger partial charge in [0.2, 0.25) is 0 Å². The Kier molecular flexibility index (Phi) is 3.11. The predicted octanol–water partition coefficient (Wildman–Crippen LogP) is 2.53. The van der Waals surface area contributed by atoms with Crippen LogP contribution in [0.3, 0.4) is 0 Å². The van der Waals surface area contributed by atoms with E-state index in [2.05, 4.69) is 22.1 Å². The first kappa shape index (κ1) is 11.7. The molecule has 2 heterocycles. The van der Waals surface area contributed by atoms with Gasteiger partial charge in [-0.2, -0.15) is 5.26 Å². The highest BCUT2D eigenvalue weighted by Crippen LogP contribution is 2.29. The first-order valence-electron chi connectivity index (χ1n) is 6.32. The summed E-state index contributed by atoms with van der Waals surface area (Å²) < 4.78 is 5.60. The van der Waals surface area contributed by atoms with Crippen molar-refractivity contribution in [2.45, 2.75) is 19.3 Å². The molecule has 0 radical (unpaired) electrons. The molecule has 0 fully saturated rings. The van der Waals surface area contributed by atoms with Crippen molar-refractivity contribution in [2.75, 3.05) is 6.61 Å².